The standard InChI is InChI=1S/C13H19N3O/c1-15(2)13(17)16-9-5-7-11(14)10-6-3-4-8-12(10)16/h3-4,6,8,11H,5,7,9,14H2,1-2H3. The minimum Gasteiger partial charge on any atom is -0.330 e. The minimum atomic E-state index is 0.0200. The summed E-state index contributed by atoms with van der Waals surface area (Å²) in [4.78, 5) is 15.6. The Bertz CT molecular complexity index is 417. The van der Waals surface area contributed by atoms with Gasteiger partial charge in [-0.3, -0.25) is 4.90 Å². The smallest absolute Gasteiger partial charge is 0.323 e. The highest BCUT2D eigenvalue weighted by atomic mass is 16.2. The Kier molecular flexibility index (Phi) is 3.33. The largest absolute Gasteiger partial charge is 0.330 e. The highest BCUT2D eigenvalue weighted by molar-refractivity contribution is 5.92. The molecule has 17 heavy (non-hydrogen) atoms. The Morgan fingerprint density at radius 2 is 2.12 bits per heavy atom. The topological polar surface area (TPSA) is 49.6 Å². The fourth-order valence-electron chi connectivity index (χ4n) is 2.23. The number of nitrogens with zero attached hydrogens (tertiary/aromatic N) is 2. The number of nitrogens with two attached hydrogens (primary N) is 1. The summed E-state index contributed by atoms with van der Waals surface area (Å²) in [7, 11) is 3.55. The molecule has 1 aliphatic heterocycles. The molecule has 0 radical (unpaired) electrons. The summed E-state index contributed by atoms with van der Waals surface area (Å²) in [5, 5.41) is 0. The number of benzene rings is 1. The number of amides is 2. The van der Waals surface area contributed by atoms with Gasteiger partial charge >= 0.3 is 6.03 Å². The molecule has 0 bridgehead atoms. The number of hydrogen-bond acceptors (Lipinski definition) is 2. The molecule has 2 amide bonds. The average molecular weight is 233 g/mol. The molecule has 4 nitrogen and oxygen atoms in total. The van der Waals surface area contributed by atoms with Crippen molar-refractivity contribution in [3.05, 3.63) is 29.8 Å². The van der Waals surface area contributed by atoms with E-state index in [-0.39, 0.29) is 12.1 Å². The van der Waals surface area contributed by atoms with Crippen molar-refractivity contribution in [2.24, 2.45) is 5.73 Å². The molecule has 1 aliphatic rings. The molecule has 0 fully saturated rings. The van der Waals surface area contributed by atoms with E-state index in [4.69, 9.17) is 5.73 Å². The lowest BCUT2D eigenvalue weighted by Gasteiger charge is -2.26. The molecule has 0 saturated carbocycles. The number of rotatable bonds is 0. The monoisotopic (exact) mass is 233 g/mol. The van der Waals surface area contributed by atoms with Crippen LogP contribution in [-0.4, -0.2) is 31.6 Å². The predicted molar refractivity (Wildman–Crippen MR) is 69.0 cm³/mol. The normalized spacial score (nSPS) is 19.5. The third-order valence-electron chi connectivity index (χ3n) is 3.14. The van der Waals surface area contributed by atoms with Crippen LogP contribution in [0.15, 0.2) is 24.3 Å². The molecule has 1 heterocycles. The van der Waals surface area contributed by atoms with E-state index in [0.29, 0.717) is 0 Å². The van der Waals surface area contributed by atoms with Crippen molar-refractivity contribution < 1.29 is 4.79 Å². The molecule has 2 N–H and O–H groups in total. The Hall–Kier alpha value is -1.55. The molecule has 0 spiro atoms. The Morgan fingerprint density at radius 3 is 2.82 bits per heavy atom. The molecule has 4 heteroatoms. The number of carbonyl (C=O) groups is 1. The molecule has 1 atom stereocenters. The van der Waals surface area contributed by atoms with Gasteiger partial charge in [0.2, 0.25) is 0 Å². The van der Waals surface area contributed by atoms with E-state index in [1.165, 1.54) is 0 Å². The van der Waals surface area contributed by atoms with Crippen LogP contribution in [0.5, 0.6) is 0 Å². The summed E-state index contributed by atoms with van der Waals surface area (Å²) in [6.45, 7) is 0.738. The van der Waals surface area contributed by atoms with Crippen molar-refractivity contribution in [2.45, 2.75) is 18.9 Å². The summed E-state index contributed by atoms with van der Waals surface area (Å²) >= 11 is 0. The zero-order chi connectivity index (χ0) is 12.4. The van der Waals surface area contributed by atoms with Crippen LogP contribution in [0, 0.1) is 0 Å². The summed E-state index contributed by atoms with van der Waals surface area (Å²) in [5.74, 6) is 0. The van der Waals surface area contributed by atoms with Gasteiger partial charge in [-0.2, -0.15) is 0 Å². The molecule has 1 unspecified atom stereocenters. The first kappa shape index (κ1) is 11.9. The van der Waals surface area contributed by atoms with Crippen LogP contribution in [-0.2, 0) is 0 Å². The van der Waals surface area contributed by atoms with Crippen molar-refractivity contribution in [1.82, 2.24) is 4.90 Å². The summed E-state index contributed by atoms with van der Waals surface area (Å²) in [6.07, 6.45) is 1.86. The second kappa shape index (κ2) is 4.75. The van der Waals surface area contributed by atoms with Crippen molar-refractivity contribution >= 4 is 11.7 Å². The molecule has 1 aromatic rings. The number of anilines is 1. The third kappa shape index (κ3) is 2.26. The zero-order valence-corrected chi connectivity index (χ0v) is 10.4. The van der Waals surface area contributed by atoms with E-state index in [2.05, 4.69) is 0 Å². The van der Waals surface area contributed by atoms with Crippen molar-refractivity contribution in [3.8, 4) is 0 Å². The minimum absolute atomic E-state index is 0.0200. The quantitative estimate of drug-likeness (QED) is 0.744. The maximum Gasteiger partial charge on any atom is 0.323 e. The predicted octanol–water partition coefficient (Wildman–Crippen LogP) is 1.97. The SMILES string of the molecule is CN(C)C(=O)N1CCCC(N)c2ccccc21. The summed E-state index contributed by atoms with van der Waals surface area (Å²) in [6, 6.07) is 7.97. The van der Waals surface area contributed by atoms with Crippen molar-refractivity contribution in [3.63, 3.8) is 0 Å². The van der Waals surface area contributed by atoms with Gasteiger partial charge in [0.25, 0.3) is 0 Å². The number of carbonyl (C=O) groups excluding carboxylic acids is 1. The van der Waals surface area contributed by atoms with Crippen molar-refractivity contribution in [2.75, 3.05) is 25.5 Å². The van der Waals surface area contributed by atoms with Gasteiger partial charge < -0.3 is 10.6 Å². The van der Waals surface area contributed by atoms with Gasteiger partial charge in [0.1, 0.15) is 0 Å². The molecular weight excluding hydrogens is 214 g/mol. The van der Waals surface area contributed by atoms with Crippen LogP contribution in [0.4, 0.5) is 10.5 Å². The molecule has 0 saturated heterocycles. The first-order valence-electron chi connectivity index (χ1n) is 5.94. The lowest BCUT2D eigenvalue weighted by atomic mass is 10.0. The van der Waals surface area contributed by atoms with E-state index in [9.17, 15) is 4.79 Å². The van der Waals surface area contributed by atoms with Gasteiger partial charge in [0.05, 0.1) is 5.69 Å². The first-order chi connectivity index (χ1) is 8.11. The van der Waals surface area contributed by atoms with Gasteiger partial charge in [-0.25, -0.2) is 4.79 Å². The Morgan fingerprint density at radius 1 is 1.41 bits per heavy atom. The van der Waals surface area contributed by atoms with Crippen LogP contribution in [0.2, 0.25) is 0 Å². The van der Waals surface area contributed by atoms with Gasteiger partial charge in [0.15, 0.2) is 0 Å². The maximum absolute atomic E-state index is 12.1. The number of fused-ring (bicyclic) bond motifs is 1. The van der Waals surface area contributed by atoms with Crippen LogP contribution in [0.25, 0.3) is 0 Å². The Labute approximate surface area is 102 Å². The third-order valence-corrected chi connectivity index (χ3v) is 3.14. The van der Waals surface area contributed by atoms with Gasteiger partial charge in [0, 0.05) is 26.7 Å². The van der Waals surface area contributed by atoms with Crippen LogP contribution in [0.3, 0.4) is 0 Å². The fraction of sp³-hybridized carbons (Fsp3) is 0.462. The molecule has 0 aromatic heterocycles. The Balaban J connectivity index is 2.42. The van der Waals surface area contributed by atoms with Crippen LogP contribution < -0.4 is 10.6 Å². The second-order valence-corrected chi connectivity index (χ2v) is 4.64. The molecule has 0 aliphatic carbocycles. The van der Waals surface area contributed by atoms with Crippen molar-refractivity contribution in [1.29, 1.82) is 0 Å². The van der Waals surface area contributed by atoms with E-state index in [1.807, 2.05) is 29.2 Å². The maximum atomic E-state index is 12.1. The second-order valence-electron chi connectivity index (χ2n) is 4.64. The molecule has 2 rings (SSSR count). The van der Waals surface area contributed by atoms with E-state index < -0.39 is 0 Å². The highest BCUT2D eigenvalue weighted by Gasteiger charge is 2.25. The van der Waals surface area contributed by atoms with E-state index in [0.717, 1.165) is 30.6 Å². The van der Waals surface area contributed by atoms with Gasteiger partial charge in [-0.15, -0.1) is 0 Å². The zero-order valence-electron chi connectivity index (χ0n) is 10.4. The summed E-state index contributed by atoms with van der Waals surface area (Å²) < 4.78 is 0. The van der Waals surface area contributed by atoms with E-state index >= 15 is 0 Å². The number of para-hydroxylation sites is 1. The number of hydrogen-bond donors (Lipinski definition) is 1. The first-order valence-corrected chi connectivity index (χ1v) is 5.94. The average Bonchev–Trinajstić information content (AvgIpc) is 2.49. The molecular formula is C13H19N3O. The summed E-state index contributed by atoms with van der Waals surface area (Å²) in [5.41, 5.74) is 8.16. The highest BCUT2D eigenvalue weighted by Crippen LogP contribution is 2.31. The van der Waals surface area contributed by atoms with Gasteiger partial charge in [-0.1, -0.05) is 18.2 Å². The fourth-order valence-corrected chi connectivity index (χ4v) is 2.23. The lowest BCUT2D eigenvalue weighted by Crippen LogP contribution is -2.39. The lowest BCUT2D eigenvalue weighted by molar-refractivity contribution is 0.224. The number of urea groups is 1. The molecule has 92 valence electrons. The van der Waals surface area contributed by atoms with E-state index in [1.54, 1.807) is 19.0 Å². The molecule has 1 aromatic carbocycles. The van der Waals surface area contributed by atoms with Gasteiger partial charge in [-0.05, 0) is 24.5 Å². The van der Waals surface area contributed by atoms with Crippen LogP contribution in [0.1, 0.15) is 24.4 Å². The van der Waals surface area contributed by atoms with Crippen LogP contribution >= 0.6 is 0 Å².